The Hall–Kier alpha value is -3.74. The van der Waals surface area contributed by atoms with Crippen molar-refractivity contribution in [1.82, 2.24) is 10.2 Å². The second-order valence-electron chi connectivity index (χ2n) is 6.69. The lowest BCUT2D eigenvalue weighted by Crippen LogP contribution is -2.10. The minimum absolute atomic E-state index is 0.105. The van der Waals surface area contributed by atoms with Crippen LogP contribution in [0.15, 0.2) is 75.6 Å². The molecule has 152 valence electrons. The van der Waals surface area contributed by atoms with E-state index in [0.29, 0.717) is 29.4 Å². The summed E-state index contributed by atoms with van der Waals surface area (Å²) in [5.41, 5.74) is 1.17. The van der Waals surface area contributed by atoms with Gasteiger partial charge in [0.15, 0.2) is 6.10 Å². The minimum Gasteiger partial charge on any atom is -0.461 e. The van der Waals surface area contributed by atoms with Crippen molar-refractivity contribution in [2.45, 2.75) is 25.9 Å². The van der Waals surface area contributed by atoms with Gasteiger partial charge in [0.05, 0.1) is 12.0 Å². The number of furan rings is 1. The van der Waals surface area contributed by atoms with Crippen LogP contribution in [-0.2, 0) is 16.0 Å². The van der Waals surface area contributed by atoms with Crippen LogP contribution in [0.3, 0.4) is 0 Å². The average Bonchev–Trinajstić information content (AvgIpc) is 3.43. The van der Waals surface area contributed by atoms with Crippen molar-refractivity contribution in [1.29, 1.82) is 0 Å². The predicted molar refractivity (Wildman–Crippen MR) is 107 cm³/mol. The first-order valence-electron chi connectivity index (χ1n) is 9.52. The molecule has 0 N–H and O–H groups in total. The first-order chi connectivity index (χ1) is 14.6. The highest BCUT2D eigenvalue weighted by atomic mass is 19.1. The van der Waals surface area contributed by atoms with Gasteiger partial charge in [-0.1, -0.05) is 30.3 Å². The first-order valence-corrected chi connectivity index (χ1v) is 9.52. The molecule has 0 saturated carbocycles. The third-order valence-electron chi connectivity index (χ3n) is 4.49. The van der Waals surface area contributed by atoms with E-state index in [1.54, 1.807) is 37.3 Å². The molecule has 0 fully saturated rings. The molecule has 1 atom stereocenters. The van der Waals surface area contributed by atoms with Gasteiger partial charge in [-0.2, -0.15) is 0 Å². The van der Waals surface area contributed by atoms with Crippen LogP contribution in [0.25, 0.3) is 22.8 Å². The molecule has 0 radical (unpaired) electrons. The van der Waals surface area contributed by atoms with E-state index in [0.717, 1.165) is 5.56 Å². The Morgan fingerprint density at radius 3 is 2.57 bits per heavy atom. The largest absolute Gasteiger partial charge is 0.461 e. The Labute approximate surface area is 172 Å². The number of aromatic nitrogens is 2. The fourth-order valence-corrected chi connectivity index (χ4v) is 2.95. The maximum Gasteiger partial charge on any atom is 0.307 e. The van der Waals surface area contributed by atoms with Gasteiger partial charge in [-0.05, 0) is 43.3 Å². The monoisotopic (exact) mass is 406 g/mol. The summed E-state index contributed by atoms with van der Waals surface area (Å²) in [5, 5.41) is 7.95. The molecule has 6 nitrogen and oxygen atoms in total. The maximum atomic E-state index is 13.9. The van der Waals surface area contributed by atoms with E-state index < -0.39 is 12.1 Å². The number of carbonyl (C=O) groups is 1. The van der Waals surface area contributed by atoms with E-state index in [1.165, 1.54) is 6.07 Å². The maximum absolute atomic E-state index is 13.9. The van der Waals surface area contributed by atoms with Crippen molar-refractivity contribution >= 4 is 5.97 Å². The summed E-state index contributed by atoms with van der Waals surface area (Å²) in [6.45, 7) is 1.67. The van der Waals surface area contributed by atoms with Gasteiger partial charge in [0.2, 0.25) is 5.89 Å². The molecule has 30 heavy (non-hydrogen) atoms. The van der Waals surface area contributed by atoms with Gasteiger partial charge in [-0.3, -0.25) is 4.79 Å². The SMILES string of the molecule is CC(OC(=O)CCc1ccc(-c2ccccc2F)o1)c1nnc(-c2ccccc2)o1. The summed E-state index contributed by atoms with van der Waals surface area (Å²) < 4.78 is 30.5. The van der Waals surface area contributed by atoms with Gasteiger partial charge in [-0.25, -0.2) is 4.39 Å². The van der Waals surface area contributed by atoms with Crippen molar-refractivity contribution in [3.05, 3.63) is 84.2 Å². The van der Waals surface area contributed by atoms with Gasteiger partial charge in [0.25, 0.3) is 5.89 Å². The number of carbonyl (C=O) groups excluding carboxylic acids is 1. The van der Waals surface area contributed by atoms with E-state index in [4.69, 9.17) is 13.6 Å². The highest BCUT2D eigenvalue weighted by molar-refractivity contribution is 5.70. The molecule has 0 aliphatic carbocycles. The summed E-state index contributed by atoms with van der Waals surface area (Å²) in [6, 6.07) is 19.1. The molecule has 0 aliphatic rings. The Bertz CT molecular complexity index is 1140. The molecule has 7 heteroatoms. The first kappa shape index (κ1) is 19.6. The van der Waals surface area contributed by atoms with E-state index in [1.807, 2.05) is 30.3 Å². The highest BCUT2D eigenvalue weighted by Gasteiger charge is 2.19. The smallest absolute Gasteiger partial charge is 0.307 e. The molecular weight excluding hydrogens is 387 g/mol. The van der Waals surface area contributed by atoms with Crippen molar-refractivity contribution in [3.63, 3.8) is 0 Å². The van der Waals surface area contributed by atoms with E-state index >= 15 is 0 Å². The summed E-state index contributed by atoms with van der Waals surface area (Å²) >= 11 is 0. The van der Waals surface area contributed by atoms with Crippen molar-refractivity contribution in [2.24, 2.45) is 0 Å². The van der Waals surface area contributed by atoms with Crippen molar-refractivity contribution in [2.75, 3.05) is 0 Å². The Balaban J connectivity index is 1.32. The van der Waals surface area contributed by atoms with Crippen LogP contribution < -0.4 is 0 Å². The molecule has 0 spiro atoms. The Morgan fingerprint density at radius 2 is 1.77 bits per heavy atom. The number of esters is 1. The molecule has 0 saturated heterocycles. The topological polar surface area (TPSA) is 78.4 Å². The summed E-state index contributed by atoms with van der Waals surface area (Å²) in [5.74, 6) is 0.796. The van der Waals surface area contributed by atoms with Gasteiger partial charge < -0.3 is 13.6 Å². The molecule has 1 unspecified atom stereocenters. The van der Waals surface area contributed by atoms with E-state index in [9.17, 15) is 9.18 Å². The predicted octanol–water partition coefficient (Wildman–Crippen LogP) is 5.37. The third-order valence-corrected chi connectivity index (χ3v) is 4.49. The van der Waals surface area contributed by atoms with Crippen LogP contribution in [0, 0.1) is 5.82 Å². The lowest BCUT2D eigenvalue weighted by atomic mass is 10.1. The van der Waals surface area contributed by atoms with Crippen LogP contribution in [0.5, 0.6) is 0 Å². The van der Waals surface area contributed by atoms with E-state index in [2.05, 4.69) is 10.2 Å². The van der Waals surface area contributed by atoms with Crippen LogP contribution in [0.4, 0.5) is 4.39 Å². The Kier molecular flexibility index (Phi) is 5.70. The molecule has 4 rings (SSSR count). The van der Waals surface area contributed by atoms with Crippen LogP contribution in [0.2, 0.25) is 0 Å². The molecule has 0 bridgehead atoms. The summed E-state index contributed by atoms with van der Waals surface area (Å²) in [7, 11) is 0. The van der Waals surface area contributed by atoms with Crippen molar-refractivity contribution in [3.8, 4) is 22.8 Å². The second kappa shape index (κ2) is 8.73. The minimum atomic E-state index is -0.673. The number of rotatable bonds is 7. The van der Waals surface area contributed by atoms with E-state index in [-0.39, 0.29) is 18.1 Å². The number of benzene rings is 2. The molecule has 2 aromatic heterocycles. The molecule has 4 aromatic rings. The van der Waals surface area contributed by atoms with Gasteiger partial charge >= 0.3 is 5.97 Å². The molecule has 2 aromatic carbocycles. The van der Waals surface area contributed by atoms with Crippen LogP contribution >= 0.6 is 0 Å². The molecule has 2 heterocycles. The molecule has 0 amide bonds. The number of hydrogen-bond acceptors (Lipinski definition) is 6. The van der Waals surface area contributed by atoms with Gasteiger partial charge in [0.1, 0.15) is 17.3 Å². The fourth-order valence-electron chi connectivity index (χ4n) is 2.95. The third kappa shape index (κ3) is 4.46. The number of nitrogens with zero attached hydrogens (tertiary/aromatic N) is 2. The average molecular weight is 406 g/mol. The van der Waals surface area contributed by atoms with Gasteiger partial charge in [-0.15, -0.1) is 10.2 Å². The zero-order chi connectivity index (χ0) is 20.9. The lowest BCUT2D eigenvalue weighted by molar-refractivity contribution is -0.149. The number of aryl methyl sites for hydroxylation is 1. The zero-order valence-corrected chi connectivity index (χ0v) is 16.2. The fraction of sp³-hybridized carbons (Fsp3) is 0.174. The normalized spacial score (nSPS) is 11.9. The van der Waals surface area contributed by atoms with Gasteiger partial charge in [0, 0.05) is 12.0 Å². The highest BCUT2D eigenvalue weighted by Crippen LogP contribution is 2.26. The second-order valence-corrected chi connectivity index (χ2v) is 6.69. The van der Waals surface area contributed by atoms with Crippen LogP contribution in [0.1, 0.15) is 31.1 Å². The molecule has 0 aliphatic heterocycles. The lowest BCUT2D eigenvalue weighted by Gasteiger charge is -2.08. The number of ether oxygens (including phenoxy) is 1. The van der Waals surface area contributed by atoms with Crippen LogP contribution in [-0.4, -0.2) is 16.2 Å². The zero-order valence-electron chi connectivity index (χ0n) is 16.2. The quantitative estimate of drug-likeness (QED) is 0.384. The number of halogens is 1. The molecular formula is C23H19FN2O4. The summed E-state index contributed by atoms with van der Waals surface area (Å²) in [4.78, 5) is 12.2. The number of hydrogen-bond donors (Lipinski definition) is 0. The Morgan fingerprint density at radius 1 is 1.00 bits per heavy atom. The van der Waals surface area contributed by atoms with Crippen molar-refractivity contribution < 1.29 is 22.8 Å². The summed E-state index contributed by atoms with van der Waals surface area (Å²) in [6.07, 6.45) is -0.235. The standard InChI is InChI=1S/C23H19FN2O4/c1-15(22-25-26-23(30-22)16-7-3-2-4-8-16)28-21(27)14-12-17-11-13-20(29-17)18-9-5-6-10-19(18)24/h2-11,13,15H,12,14H2,1H3.